The number of anilines is 1. The van der Waals surface area contributed by atoms with Gasteiger partial charge < -0.3 is 19.3 Å². The van der Waals surface area contributed by atoms with E-state index in [1.54, 1.807) is 38.7 Å². The molecule has 2 aromatic rings. The molecule has 0 aliphatic carbocycles. The number of halogens is 4. The average Bonchev–Trinajstić information content (AvgIpc) is 2.86. The smallest absolute Gasteiger partial charge is 0.474 e. The molecule has 44 heavy (non-hydrogen) atoms. The summed E-state index contributed by atoms with van der Waals surface area (Å²) in [6, 6.07) is 3.15. The summed E-state index contributed by atoms with van der Waals surface area (Å²) >= 11 is 6.33. The number of rotatable bonds is 6. The van der Waals surface area contributed by atoms with Crippen LogP contribution in [0.5, 0.6) is 5.75 Å². The van der Waals surface area contributed by atoms with Gasteiger partial charge in [0.2, 0.25) is 0 Å². The van der Waals surface area contributed by atoms with Crippen molar-refractivity contribution in [2.24, 2.45) is 4.36 Å². The van der Waals surface area contributed by atoms with E-state index in [-0.39, 0.29) is 65.1 Å². The van der Waals surface area contributed by atoms with E-state index < -0.39 is 38.4 Å². The number of hydrogen-bond acceptors (Lipinski definition) is 10. The van der Waals surface area contributed by atoms with Crippen molar-refractivity contribution < 1.29 is 41.4 Å². The van der Waals surface area contributed by atoms with Gasteiger partial charge in [-0.3, -0.25) is 14.9 Å². The molecule has 2 aliphatic heterocycles. The number of benzene rings is 1. The van der Waals surface area contributed by atoms with Gasteiger partial charge in [0.1, 0.15) is 29.5 Å². The number of carbonyl (C=O) groups excluding carboxylic acids is 2. The first kappa shape index (κ1) is 33.2. The molecular formula is C26H30ClF3N6O7S. The summed E-state index contributed by atoms with van der Waals surface area (Å²) in [5, 5.41) is 12.0. The molecule has 240 valence electrons. The third-order valence-corrected chi connectivity index (χ3v) is 9.33. The van der Waals surface area contributed by atoms with Gasteiger partial charge in [0.15, 0.2) is 5.75 Å². The predicted molar refractivity (Wildman–Crippen MR) is 153 cm³/mol. The van der Waals surface area contributed by atoms with Crippen LogP contribution in [0, 0.1) is 17.0 Å². The molecule has 2 aliphatic rings. The molecule has 13 nitrogen and oxygen atoms in total. The van der Waals surface area contributed by atoms with Gasteiger partial charge in [-0.2, -0.15) is 17.5 Å². The lowest BCUT2D eigenvalue weighted by Crippen LogP contribution is -2.50. The molecule has 0 saturated carbocycles. The molecule has 0 N–H and O–H groups in total. The number of aromatic nitrogens is 2. The quantitative estimate of drug-likeness (QED) is 0.242. The highest BCUT2D eigenvalue weighted by Crippen LogP contribution is 2.39. The van der Waals surface area contributed by atoms with E-state index >= 15 is 0 Å². The van der Waals surface area contributed by atoms with Crippen molar-refractivity contribution in [1.29, 1.82) is 0 Å². The van der Waals surface area contributed by atoms with Crippen molar-refractivity contribution in [3.05, 3.63) is 50.4 Å². The maximum Gasteiger partial charge on any atom is 0.474 e. The standard InChI is InChI=1S/C26H30ClF3N6O7S/c1-15-9-16(17-11-35(12-17)24(38)43-25(2,3)4)10-19(36(39)40)20(15)42-13-18-21(27)31-14-32-22(18)34-5-7-44(41,8-6-34)33-23(37)26(28,29)30/h9-10,14,17H,5-8,11-13H2,1-4H3. The molecular weight excluding hydrogens is 633 g/mol. The number of alkyl halides is 3. The molecule has 0 unspecified atom stereocenters. The van der Waals surface area contributed by atoms with Crippen molar-refractivity contribution in [3.63, 3.8) is 0 Å². The minimum atomic E-state index is -5.22. The summed E-state index contributed by atoms with van der Waals surface area (Å²) < 4.78 is 64.9. The van der Waals surface area contributed by atoms with Crippen LogP contribution in [0.1, 0.15) is 43.4 Å². The topological polar surface area (TPSA) is 157 Å². The van der Waals surface area contributed by atoms with Crippen molar-refractivity contribution >= 4 is 44.8 Å². The molecule has 0 radical (unpaired) electrons. The van der Waals surface area contributed by atoms with Crippen LogP contribution in [0.2, 0.25) is 5.15 Å². The highest BCUT2D eigenvalue weighted by Gasteiger charge is 2.40. The molecule has 2 amide bonds. The molecule has 3 heterocycles. The Morgan fingerprint density at radius 3 is 2.39 bits per heavy atom. The number of nitro benzene ring substituents is 1. The first-order valence-electron chi connectivity index (χ1n) is 13.3. The molecule has 0 bridgehead atoms. The molecule has 0 spiro atoms. The van der Waals surface area contributed by atoms with E-state index in [0.717, 1.165) is 6.33 Å². The first-order chi connectivity index (χ1) is 20.4. The second-order valence-corrected chi connectivity index (χ2v) is 14.2. The van der Waals surface area contributed by atoms with Crippen molar-refractivity contribution in [3.8, 4) is 5.75 Å². The van der Waals surface area contributed by atoms with Crippen LogP contribution in [-0.2, 0) is 25.9 Å². The van der Waals surface area contributed by atoms with Crippen LogP contribution < -0.4 is 9.64 Å². The SMILES string of the molecule is Cc1cc(C2CN(C(=O)OC(C)(C)C)C2)cc([N+](=O)[O-])c1OCc1c(Cl)ncnc1N1CCS(=O)(=NC(=O)C(F)(F)F)CC1. The van der Waals surface area contributed by atoms with Crippen LogP contribution in [0.25, 0.3) is 0 Å². The number of carbonyl (C=O) groups is 2. The van der Waals surface area contributed by atoms with Crippen LogP contribution in [0.15, 0.2) is 22.8 Å². The molecule has 0 atom stereocenters. The van der Waals surface area contributed by atoms with Gasteiger partial charge in [-0.25, -0.2) is 19.0 Å². The van der Waals surface area contributed by atoms with Gasteiger partial charge in [0, 0.05) is 49.7 Å². The Bertz CT molecular complexity index is 1590. The van der Waals surface area contributed by atoms with Gasteiger partial charge in [0.25, 0.3) is 0 Å². The Morgan fingerprint density at radius 1 is 1.18 bits per heavy atom. The van der Waals surface area contributed by atoms with Crippen LogP contribution in [0.3, 0.4) is 0 Å². The van der Waals surface area contributed by atoms with Crippen LogP contribution in [0.4, 0.5) is 29.5 Å². The van der Waals surface area contributed by atoms with Gasteiger partial charge in [-0.1, -0.05) is 17.7 Å². The minimum absolute atomic E-state index is 0.0148. The van der Waals surface area contributed by atoms with Crippen molar-refractivity contribution in [2.45, 2.75) is 52.0 Å². The number of likely N-dealkylation sites (tertiary alicyclic amines) is 1. The third-order valence-electron chi connectivity index (χ3n) is 6.86. The monoisotopic (exact) mass is 662 g/mol. The Morgan fingerprint density at radius 2 is 1.82 bits per heavy atom. The number of hydrogen-bond donors (Lipinski definition) is 0. The van der Waals surface area contributed by atoms with Crippen molar-refractivity contribution in [1.82, 2.24) is 14.9 Å². The Kier molecular flexibility index (Phi) is 9.30. The Hall–Kier alpha value is -3.73. The number of ether oxygens (including phenoxy) is 2. The van der Waals surface area contributed by atoms with E-state index in [0.29, 0.717) is 24.2 Å². The third kappa shape index (κ3) is 7.67. The zero-order valence-electron chi connectivity index (χ0n) is 24.2. The van der Waals surface area contributed by atoms with E-state index in [4.69, 9.17) is 21.1 Å². The molecule has 2 saturated heterocycles. The Balaban J connectivity index is 1.50. The summed E-state index contributed by atoms with van der Waals surface area (Å²) in [6.07, 6.45) is -4.52. The zero-order chi connectivity index (χ0) is 32.6. The number of aryl methyl sites for hydroxylation is 1. The molecule has 2 fully saturated rings. The number of nitro groups is 1. The molecule has 1 aromatic heterocycles. The largest absolute Gasteiger partial charge is 0.481 e. The second-order valence-electron chi connectivity index (χ2n) is 11.3. The van der Waals surface area contributed by atoms with Gasteiger partial charge in [0.05, 0.1) is 20.2 Å². The number of amides is 2. The lowest BCUT2D eigenvalue weighted by molar-refractivity contribution is -0.386. The minimum Gasteiger partial charge on any atom is -0.481 e. The van der Waals surface area contributed by atoms with E-state index in [2.05, 4.69) is 14.3 Å². The van der Waals surface area contributed by atoms with Gasteiger partial charge in [-0.15, -0.1) is 0 Å². The summed E-state index contributed by atoms with van der Waals surface area (Å²) in [4.78, 5) is 46.3. The average molecular weight is 663 g/mol. The molecule has 18 heteroatoms. The van der Waals surface area contributed by atoms with Crippen LogP contribution >= 0.6 is 11.6 Å². The summed E-state index contributed by atoms with van der Waals surface area (Å²) in [7, 11) is -3.44. The molecule has 4 rings (SSSR count). The fourth-order valence-electron chi connectivity index (χ4n) is 4.66. The summed E-state index contributed by atoms with van der Waals surface area (Å²) in [5.74, 6) is -2.95. The fraction of sp³-hybridized carbons (Fsp3) is 0.538. The summed E-state index contributed by atoms with van der Waals surface area (Å²) in [6.45, 7) is 7.21. The normalized spacial score (nSPS) is 17.1. The second kappa shape index (κ2) is 12.3. The highest BCUT2D eigenvalue weighted by molar-refractivity contribution is 7.94. The fourth-order valence-corrected chi connectivity index (χ4v) is 6.64. The van der Waals surface area contributed by atoms with E-state index in [1.165, 1.54) is 11.0 Å². The lowest BCUT2D eigenvalue weighted by Gasteiger charge is -2.40. The van der Waals surface area contributed by atoms with E-state index in [1.807, 2.05) is 0 Å². The first-order valence-corrected chi connectivity index (χ1v) is 15.6. The maximum atomic E-state index is 12.8. The molecule has 1 aromatic carbocycles. The highest BCUT2D eigenvalue weighted by atomic mass is 35.5. The van der Waals surface area contributed by atoms with Crippen LogP contribution in [-0.4, -0.2) is 85.5 Å². The van der Waals surface area contributed by atoms with Gasteiger partial charge in [-0.05, 0) is 38.8 Å². The lowest BCUT2D eigenvalue weighted by atomic mass is 9.90. The van der Waals surface area contributed by atoms with Gasteiger partial charge >= 0.3 is 23.9 Å². The number of nitrogens with zero attached hydrogens (tertiary/aromatic N) is 6. The van der Waals surface area contributed by atoms with Crippen molar-refractivity contribution in [2.75, 3.05) is 42.6 Å². The van der Waals surface area contributed by atoms with E-state index in [9.17, 15) is 37.1 Å². The Labute approximate surface area is 256 Å². The predicted octanol–water partition coefficient (Wildman–Crippen LogP) is 4.64. The zero-order valence-corrected chi connectivity index (χ0v) is 25.8. The summed E-state index contributed by atoms with van der Waals surface area (Å²) in [5.41, 5.74) is 0.433. The maximum absolute atomic E-state index is 12.8.